The summed E-state index contributed by atoms with van der Waals surface area (Å²) in [5.41, 5.74) is 1.61. The zero-order chi connectivity index (χ0) is 13.8. The smallest absolute Gasteiger partial charge is 0.224 e. The second kappa shape index (κ2) is 5.97. The van der Waals surface area contributed by atoms with Gasteiger partial charge < -0.3 is 10.6 Å². The molecule has 0 aliphatic rings. The van der Waals surface area contributed by atoms with Crippen LogP contribution in [-0.4, -0.2) is 16.5 Å². The molecular formula is C13H14BrFN4. The second-order valence-electron chi connectivity index (χ2n) is 4.00. The number of hydrogen-bond donors (Lipinski definition) is 2. The van der Waals surface area contributed by atoms with Crippen molar-refractivity contribution in [3.05, 3.63) is 40.2 Å². The Bertz CT molecular complexity index is 589. The molecule has 0 spiro atoms. The van der Waals surface area contributed by atoms with Crippen LogP contribution in [0, 0.1) is 12.7 Å². The van der Waals surface area contributed by atoms with Crippen molar-refractivity contribution >= 4 is 33.4 Å². The Labute approximate surface area is 119 Å². The SMILES string of the molecule is CCNc1nc(C)cc(Nc2ccc(F)cc2Br)n1. The number of nitrogens with zero attached hydrogens (tertiary/aromatic N) is 2. The van der Waals surface area contributed by atoms with Crippen molar-refractivity contribution in [1.29, 1.82) is 0 Å². The van der Waals surface area contributed by atoms with Crippen LogP contribution in [0.2, 0.25) is 0 Å². The molecule has 1 heterocycles. The van der Waals surface area contributed by atoms with Crippen molar-refractivity contribution in [2.24, 2.45) is 0 Å². The van der Waals surface area contributed by atoms with Gasteiger partial charge in [-0.05, 0) is 48.0 Å². The van der Waals surface area contributed by atoms with Crippen molar-refractivity contribution in [3.8, 4) is 0 Å². The number of anilines is 3. The highest BCUT2D eigenvalue weighted by atomic mass is 79.9. The van der Waals surface area contributed by atoms with Crippen molar-refractivity contribution in [3.63, 3.8) is 0 Å². The van der Waals surface area contributed by atoms with Gasteiger partial charge in [0.15, 0.2) is 0 Å². The molecule has 0 radical (unpaired) electrons. The monoisotopic (exact) mass is 324 g/mol. The predicted molar refractivity (Wildman–Crippen MR) is 78.3 cm³/mol. The number of aryl methyl sites for hydroxylation is 1. The Morgan fingerprint density at radius 3 is 2.74 bits per heavy atom. The van der Waals surface area contributed by atoms with Crippen LogP contribution < -0.4 is 10.6 Å². The lowest BCUT2D eigenvalue weighted by Gasteiger charge is -2.10. The summed E-state index contributed by atoms with van der Waals surface area (Å²) in [6, 6.07) is 6.29. The number of aromatic nitrogens is 2. The molecule has 2 rings (SSSR count). The third-order valence-electron chi connectivity index (χ3n) is 2.38. The van der Waals surface area contributed by atoms with E-state index in [1.54, 1.807) is 6.07 Å². The lowest BCUT2D eigenvalue weighted by Crippen LogP contribution is -2.05. The summed E-state index contributed by atoms with van der Waals surface area (Å²) in [5, 5.41) is 6.20. The van der Waals surface area contributed by atoms with E-state index in [-0.39, 0.29) is 5.82 Å². The molecule has 0 aliphatic heterocycles. The van der Waals surface area contributed by atoms with Crippen LogP contribution in [0.5, 0.6) is 0 Å². The van der Waals surface area contributed by atoms with Gasteiger partial charge in [-0.15, -0.1) is 0 Å². The van der Waals surface area contributed by atoms with Crippen molar-refractivity contribution in [2.45, 2.75) is 13.8 Å². The first-order chi connectivity index (χ1) is 9.08. The normalized spacial score (nSPS) is 10.3. The fourth-order valence-corrected chi connectivity index (χ4v) is 2.05. The molecule has 0 aliphatic carbocycles. The number of rotatable bonds is 4. The molecule has 2 N–H and O–H groups in total. The molecule has 6 heteroatoms. The molecule has 0 atom stereocenters. The van der Waals surface area contributed by atoms with Gasteiger partial charge in [0.25, 0.3) is 0 Å². The van der Waals surface area contributed by atoms with E-state index in [1.165, 1.54) is 12.1 Å². The zero-order valence-electron chi connectivity index (χ0n) is 10.7. The molecule has 1 aromatic heterocycles. The largest absolute Gasteiger partial charge is 0.354 e. The van der Waals surface area contributed by atoms with Gasteiger partial charge in [-0.3, -0.25) is 0 Å². The highest BCUT2D eigenvalue weighted by Crippen LogP contribution is 2.26. The Morgan fingerprint density at radius 2 is 2.05 bits per heavy atom. The minimum Gasteiger partial charge on any atom is -0.354 e. The highest BCUT2D eigenvalue weighted by Gasteiger charge is 2.05. The molecule has 0 fully saturated rings. The maximum absolute atomic E-state index is 13.0. The standard InChI is InChI=1S/C13H14BrFN4/c1-3-16-13-17-8(2)6-12(19-13)18-11-5-4-9(15)7-10(11)14/h4-7H,3H2,1-2H3,(H2,16,17,18,19). The van der Waals surface area contributed by atoms with Crippen LogP contribution in [0.15, 0.2) is 28.7 Å². The molecule has 0 saturated heterocycles. The number of halogens is 2. The van der Waals surface area contributed by atoms with E-state index in [0.717, 1.165) is 17.9 Å². The number of hydrogen-bond acceptors (Lipinski definition) is 4. The van der Waals surface area contributed by atoms with Gasteiger partial charge in [0.05, 0.1) is 5.69 Å². The van der Waals surface area contributed by atoms with Crippen LogP contribution in [0.4, 0.5) is 21.8 Å². The van der Waals surface area contributed by atoms with Gasteiger partial charge in [-0.25, -0.2) is 9.37 Å². The first-order valence-corrected chi connectivity index (χ1v) is 6.69. The summed E-state index contributed by atoms with van der Waals surface area (Å²) in [5.74, 6) is 0.948. The lowest BCUT2D eigenvalue weighted by molar-refractivity contribution is 0.627. The average molecular weight is 325 g/mol. The molecular weight excluding hydrogens is 311 g/mol. The van der Waals surface area contributed by atoms with Crippen molar-refractivity contribution < 1.29 is 4.39 Å². The first kappa shape index (κ1) is 13.7. The quantitative estimate of drug-likeness (QED) is 0.896. The maximum Gasteiger partial charge on any atom is 0.224 e. The minimum absolute atomic E-state index is 0.287. The Balaban J connectivity index is 2.27. The van der Waals surface area contributed by atoms with E-state index in [1.807, 2.05) is 19.9 Å². The first-order valence-electron chi connectivity index (χ1n) is 5.90. The molecule has 100 valence electrons. The summed E-state index contributed by atoms with van der Waals surface area (Å²) in [6.07, 6.45) is 0. The van der Waals surface area contributed by atoms with Crippen LogP contribution in [0.1, 0.15) is 12.6 Å². The average Bonchev–Trinajstić information content (AvgIpc) is 2.32. The fraction of sp³-hybridized carbons (Fsp3) is 0.231. The van der Waals surface area contributed by atoms with Gasteiger partial charge in [0.1, 0.15) is 11.6 Å². The van der Waals surface area contributed by atoms with Crippen LogP contribution in [-0.2, 0) is 0 Å². The van der Waals surface area contributed by atoms with Crippen LogP contribution in [0.3, 0.4) is 0 Å². The second-order valence-corrected chi connectivity index (χ2v) is 4.85. The van der Waals surface area contributed by atoms with Crippen molar-refractivity contribution in [1.82, 2.24) is 9.97 Å². The van der Waals surface area contributed by atoms with Gasteiger partial charge in [0.2, 0.25) is 5.95 Å². The Morgan fingerprint density at radius 1 is 1.26 bits per heavy atom. The van der Waals surface area contributed by atoms with E-state index >= 15 is 0 Å². The molecule has 2 aromatic rings. The van der Waals surface area contributed by atoms with Gasteiger partial charge in [-0.1, -0.05) is 0 Å². The summed E-state index contributed by atoms with van der Waals surface area (Å²) in [4.78, 5) is 8.60. The summed E-state index contributed by atoms with van der Waals surface area (Å²) < 4.78 is 13.7. The van der Waals surface area contributed by atoms with E-state index in [0.29, 0.717) is 16.2 Å². The fourth-order valence-electron chi connectivity index (χ4n) is 1.60. The third kappa shape index (κ3) is 3.64. The molecule has 0 bridgehead atoms. The number of nitrogens with one attached hydrogen (secondary N) is 2. The van der Waals surface area contributed by atoms with Crippen molar-refractivity contribution in [2.75, 3.05) is 17.2 Å². The van der Waals surface area contributed by atoms with Gasteiger partial charge in [0, 0.05) is 22.8 Å². The van der Waals surface area contributed by atoms with E-state index in [9.17, 15) is 4.39 Å². The summed E-state index contributed by atoms with van der Waals surface area (Å²) in [7, 11) is 0. The van der Waals surface area contributed by atoms with E-state index in [4.69, 9.17) is 0 Å². The summed E-state index contributed by atoms with van der Waals surface area (Å²) >= 11 is 3.31. The summed E-state index contributed by atoms with van der Waals surface area (Å²) in [6.45, 7) is 4.63. The molecule has 0 saturated carbocycles. The third-order valence-corrected chi connectivity index (χ3v) is 3.04. The highest BCUT2D eigenvalue weighted by molar-refractivity contribution is 9.10. The number of benzene rings is 1. The zero-order valence-corrected chi connectivity index (χ0v) is 12.3. The van der Waals surface area contributed by atoms with Crippen LogP contribution in [0.25, 0.3) is 0 Å². The van der Waals surface area contributed by atoms with E-state index in [2.05, 4.69) is 36.5 Å². The molecule has 4 nitrogen and oxygen atoms in total. The Kier molecular flexibility index (Phi) is 4.31. The molecule has 1 aromatic carbocycles. The lowest BCUT2D eigenvalue weighted by atomic mass is 10.3. The van der Waals surface area contributed by atoms with Gasteiger partial charge in [-0.2, -0.15) is 4.98 Å². The predicted octanol–water partition coefficient (Wildman–Crippen LogP) is 3.86. The minimum atomic E-state index is -0.287. The topological polar surface area (TPSA) is 49.8 Å². The molecule has 19 heavy (non-hydrogen) atoms. The molecule has 0 amide bonds. The van der Waals surface area contributed by atoms with Gasteiger partial charge >= 0.3 is 0 Å². The maximum atomic E-state index is 13.0. The van der Waals surface area contributed by atoms with Crippen LogP contribution >= 0.6 is 15.9 Å². The Hall–Kier alpha value is -1.69. The van der Waals surface area contributed by atoms with E-state index < -0.39 is 0 Å². The molecule has 0 unspecified atom stereocenters.